The van der Waals surface area contributed by atoms with Gasteiger partial charge < -0.3 is 15.7 Å². The maximum Gasteiger partial charge on any atom is 0.270 e. The Labute approximate surface area is 137 Å². The smallest absolute Gasteiger partial charge is 0.270 e. The molecular weight excluding hydrogens is 322 g/mol. The Morgan fingerprint density at radius 1 is 1.50 bits per heavy atom. The van der Waals surface area contributed by atoms with E-state index in [4.69, 9.17) is 11.6 Å². The molecular formula is C15H16ClN3O2S. The minimum Gasteiger partial charge on any atom is -0.391 e. The molecule has 0 spiro atoms. The Balaban J connectivity index is 1.64. The molecule has 2 aromatic rings. The number of carbonyl (C=O) groups excluding carboxylic acids is 1. The highest BCUT2D eigenvalue weighted by Gasteiger charge is 2.25. The summed E-state index contributed by atoms with van der Waals surface area (Å²) in [6, 6.07) is 7.39. The number of amides is 1. The molecule has 2 atom stereocenters. The van der Waals surface area contributed by atoms with Crippen LogP contribution in [0.25, 0.3) is 10.6 Å². The van der Waals surface area contributed by atoms with Crippen molar-refractivity contribution in [1.82, 2.24) is 15.6 Å². The Morgan fingerprint density at radius 2 is 2.36 bits per heavy atom. The van der Waals surface area contributed by atoms with Crippen LogP contribution in [0.15, 0.2) is 29.6 Å². The fraction of sp³-hybridized carbons (Fsp3) is 0.333. The molecule has 1 fully saturated rings. The van der Waals surface area contributed by atoms with E-state index in [0.717, 1.165) is 10.6 Å². The lowest BCUT2D eigenvalue weighted by atomic mass is 10.1. The van der Waals surface area contributed by atoms with Crippen LogP contribution in [0.1, 0.15) is 10.5 Å². The van der Waals surface area contributed by atoms with Crippen molar-refractivity contribution in [2.75, 3.05) is 19.6 Å². The third kappa shape index (κ3) is 3.47. The number of rotatable bonds is 4. The lowest BCUT2D eigenvalue weighted by Gasteiger charge is -2.13. The molecule has 3 rings (SSSR count). The predicted molar refractivity (Wildman–Crippen MR) is 87.3 cm³/mol. The highest BCUT2D eigenvalue weighted by atomic mass is 35.5. The molecule has 0 radical (unpaired) electrons. The van der Waals surface area contributed by atoms with Crippen LogP contribution >= 0.6 is 22.9 Å². The summed E-state index contributed by atoms with van der Waals surface area (Å²) in [4.78, 5) is 16.5. The standard InChI is InChI=1S/C15H16ClN3O2S/c16-11-3-1-2-9(4-11)15-19-12(8-22-15)14(21)18-6-10-5-17-7-13(10)20/h1-4,8,10,13,17,20H,5-7H2,(H,18,21). The fourth-order valence-electron chi connectivity index (χ4n) is 2.37. The zero-order valence-corrected chi connectivity index (χ0v) is 13.3. The zero-order chi connectivity index (χ0) is 15.5. The van der Waals surface area contributed by atoms with E-state index < -0.39 is 6.10 Å². The number of aliphatic hydroxyl groups excluding tert-OH is 1. The van der Waals surface area contributed by atoms with Crippen molar-refractivity contribution in [3.63, 3.8) is 0 Å². The monoisotopic (exact) mass is 337 g/mol. The third-order valence-corrected chi connectivity index (χ3v) is 4.76. The average molecular weight is 338 g/mol. The van der Waals surface area contributed by atoms with Gasteiger partial charge in [0, 0.05) is 41.5 Å². The van der Waals surface area contributed by atoms with Crippen molar-refractivity contribution in [3.05, 3.63) is 40.4 Å². The number of halogens is 1. The van der Waals surface area contributed by atoms with E-state index in [2.05, 4.69) is 15.6 Å². The Morgan fingerprint density at radius 3 is 3.09 bits per heavy atom. The van der Waals surface area contributed by atoms with Crippen LogP contribution in [0.2, 0.25) is 5.02 Å². The first-order valence-corrected chi connectivity index (χ1v) is 8.27. The van der Waals surface area contributed by atoms with Crippen molar-refractivity contribution in [1.29, 1.82) is 0 Å². The van der Waals surface area contributed by atoms with Gasteiger partial charge in [0.2, 0.25) is 0 Å². The fourth-order valence-corrected chi connectivity index (χ4v) is 3.36. The largest absolute Gasteiger partial charge is 0.391 e. The summed E-state index contributed by atoms with van der Waals surface area (Å²) in [6.45, 7) is 1.74. The van der Waals surface area contributed by atoms with E-state index in [1.807, 2.05) is 18.2 Å². The van der Waals surface area contributed by atoms with Gasteiger partial charge in [-0.3, -0.25) is 4.79 Å². The molecule has 0 aliphatic carbocycles. The lowest BCUT2D eigenvalue weighted by Crippen LogP contribution is -2.34. The quantitative estimate of drug-likeness (QED) is 0.795. The van der Waals surface area contributed by atoms with Gasteiger partial charge >= 0.3 is 0 Å². The molecule has 1 aliphatic rings. The second-order valence-electron chi connectivity index (χ2n) is 5.24. The Kier molecular flexibility index (Phi) is 4.73. The van der Waals surface area contributed by atoms with Crippen molar-refractivity contribution in [2.45, 2.75) is 6.10 Å². The molecule has 7 heteroatoms. The van der Waals surface area contributed by atoms with Gasteiger partial charge in [-0.15, -0.1) is 11.3 Å². The summed E-state index contributed by atoms with van der Waals surface area (Å²) in [6.07, 6.45) is -0.405. The van der Waals surface area contributed by atoms with E-state index in [1.54, 1.807) is 11.4 Å². The van der Waals surface area contributed by atoms with E-state index in [9.17, 15) is 9.90 Å². The predicted octanol–water partition coefficient (Wildman–Crippen LogP) is 1.77. The molecule has 22 heavy (non-hydrogen) atoms. The SMILES string of the molecule is O=C(NCC1CNCC1O)c1csc(-c2cccc(Cl)c2)n1. The molecule has 2 unspecified atom stereocenters. The number of β-amino-alcohol motifs (C(OH)–C–C–N with tert-alkyl or cyclic N) is 1. The Bertz CT molecular complexity index is 676. The number of benzene rings is 1. The highest BCUT2D eigenvalue weighted by molar-refractivity contribution is 7.13. The minimum absolute atomic E-state index is 0.0509. The number of nitrogens with zero attached hydrogens (tertiary/aromatic N) is 1. The van der Waals surface area contributed by atoms with Gasteiger partial charge in [0.15, 0.2) is 0 Å². The summed E-state index contributed by atoms with van der Waals surface area (Å²) < 4.78 is 0. The molecule has 0 bridgehead atoms. The molecule has 1 amide bonds. The van der Waals surface area contributed by atoms with E-state index in [0.29, 0.717) is 30.4 Å². The van der Waals surface area contributed by atoms with Crippen LogP contribution in [0.4, 0.5) is 0 Å². The molecule has 1 aromatic heterocycles. The number of aromatic nitrogens is 1. The molecule has 1 aromatic carbocycles. The van der Waals surface area contributed by atoms with Gasteiger partial charge in [-0.1, -0.05) is 23.7 Å². The third-order valence-electron chi connectivity index (χ3n) is 3.64. The van der Waals surface area contributed by atoms with Crippen LogP contribution in [0.5, 0.6) is 0 Å². The number of hydrogen-bond acceptors (Lipinski definition) is 5. The average Bonchev–Trinajstić information content (AvgIpc) is 3.14. The first-order chi connectivity index (χ1) is 10.6. The highest BCUT2D eigenvalue weighted by Crippen LogP contribution is 2.26. The zero-order valence-electron chi connectivity index (χ0n) is 11.8. The number of thiazole rings is 1. The van der Waals surface area contributed by atoms with Crippen LogP contribution in [-0.4, -0.2) is 41.7 Å². The van der Waals surface area contributed by atoms with Crippen LogP contribution in [-0.2, 0) is 0 Å². The topological polar surface area (TPSA) is 74.2 Å². The van der Waals surface area contributed by atoms with Crippen LogP contribution < -0.4 is 10.6 Å². The molecule has 3 N–H and O–H groups in total. The minimum atomic E-state index is -0.405. The molecule has 1 saturated heterocycles. The summed E-state index contributed by atoms with van der Waals surface area (Å²) >= 11 is 7.37. The van der Waals surface area contributed by atoms with E-state index >= 15 is 0 Å². The normalized spacial score (nSPS) is 21.0. The van der Waals surface area contributed by atoms with E-state index in [-0.39, 0.29) is 11.8 Å². The van der Waals surface area contributed by atoms with Gasteiger partial charge in [0.25, 0.3) is 5.91 Å². The second kappa shape index (κ2) is 6.75. The van der Waals surface area contributed by atoms with Crippen molar-refractivity contribution in [2.24, 2.45) is 5.92 Å². The van der Waals surface area contributed by atoms with Crippen LogP contribution in [0.3, 0.4) is 0 Å². The van der Waals surface area contributed by atoms with Gasteiger partial charge in [0.05, 0.1) is 6.10 Å². The first kappa shape index (κ1) is 15.4. The van der Waals surface area contributed by atoms with Crippen molar-refractivity contribution >= 4 is 28.8 Å². The van der Waals surface area contributed by atoms with E-state index in [1.165, 1.54) is 11.3 Å². The second-order valence-corrected chi connectivity index (χ2v) is 6.54. The Hall–Kier alpha value is -1.47. The molecule has 0 saturated carbocycles. The summed E-state index contributed by atoms with van der Waals surface area (Å²) in [7, 11) is 0. The van der Waals surface area contributed by atoms with Crippen molar-refractivity contribution in [3.8, 4) is 10.6 Å². The first-order valence-electron chi connectivity index (χ1n) is 7.02. The molecule has 5 nitrogen and oxygen atoms in total. The van der Waals surface area contributed by atoms with Gasteiger partial charge in [-0.05, 0) is 12.1 Å². The van der Waals surface area contributed by atoms with Crippen molar-refractivity contribution < 1.29 is 9.90 Å². The van der Waals surface area contributed by atoms with Gasteiger partial charge in [-0.2, -0.15) is 0 Å². The molecule has 116 valence electrons. The maximum atomic E-state index is 12.1. The summed E-state index contributed by atoms with van der Waals surface area (Å²) in [5, 5.41) is 18.8. The van der Waals surface area contributed by atoms with Gasteiger partial charge in [0.1, 0.15) is 10.7 Å². The van der Waals surface area contributed by atoms with Crippen LogP contribution in [0, 0.1) is 5.92 Å². The summed E-state index contributed by atoms with van der Waals surface area (Å²) in [5.41, 5.74) is 1.28. The van der Waals surface area contributed by atoms with Gasteiger partial charge in [-0.25, -0.2) is 4.98 Å². The molecule has 2 heterocycles. The number of aliphatic hydroxyl groups is 1. The number of nitrogens with one attached hydrogen (secondary N) is 2. The molecule has 1 aliphatic heterocycles. The summed E-state index contributed by atoms with van der Waals surface area (Å²) in [5.74, 6) is -0.168. The number of hydrogen-bond donors (Lipinski definition) is 3. The lowest BCUT2D eigenvalue weighted by molar-refractivity contribution is 0.0923. The maximum absolute atomic E-state index is 12.1. The number of carbonyl (C=O) groups is 1.